The normalized spacial score (nSPS) is 26.2. The van der Waals surface area contributed by atoms with Gasteiger partial charge in [-0.05, 0) is 76.2 Å². The minimum atomic E-state index is -5.08. The molecule has 0 atom stereocenters. The lowest BCUT2D eigenvalue weighted by Crippen LogP contribution is -2.56. The van der Waals surface area contributed by atoms with Gasteiger partial charge in [-0.25, -0.2) is 14.0 Å². The van der Waals surface area contributed by atoms with E-state index in [0.29, 0.717) is 12.5 Å². The molecule has 1 aliphatic heterocycles. The molecular formula is C25H33F4N3O5. The minimum absolute atomic E-state index is 0.122. The predicted octanol–water partition coefficient (Wildman–Crippen LogP) is 4.15. The smallest absolute Gasteiger partial charge is 0.480 e. The molecule has 1 aromatic carbocycles. The van der Waals surface area contributed by atoms with E-state index >= 15 is 0 Å². The number of carboxylic acid groups (broad SMARTS) is 2. The van der Waals surface area contributed by atoms with E-state index in [-0.39, 0.29) is 29.5 Å². The molecule has 1 heterocycles. The van der Waals surface area contributed by atoms with Crippen LogP contribution in [0.2, 0.25) is 0 Å². The molecule has 2 saturated carbocycles. The maximum Gasteiger partial charge on any atom is 0.490 e. The zero-order chi connectivity index (χ0) is 27.6. The van der Waals surface area contributed by atoms with Gasteiger partial charge in [0.15, 0.2) is 0 Å². The van der Waals surface area contributed by atoms with Gasteiger partial charge < -0.3 is 20.0 Å². The first-order valence-electron chi connectivity index (χ1n) is 12.2. The molecule has 1 aromatic rings. The summed E-state index contributed by atoms with van der Waals surface area (Å²) >= 11 is 0. The third-order valence-corrected chi connectivity index (χ3v) is 8.04. The SMILES string of the molecule is CN(C)C1(c2ccc(F)cc2)CCC2(CC1)CN(CC(=O)O)C(=O)N2CC1CCC1.O=C(O)C(F)(F)F. The molecule has 206 valence electrons. The average Bonchev–Trinajstić information content (AvgIpc) is 3.01. The van der Waals surface area contributed by atoms with E-state index in [1.54, 1.807) is 0 Å². The first kappa shape index (κ1) is 28.7. The van der Waals surface area contributed by atoms with E-state index < -0.39 is 18.1 Å². The number of benzene rings is 1. The zero-order valence-electron chi connectivity index (χ0n) is 20.9. The molecule has 37 heavy (non-hydrogen) atoms. The summed E-state index contributed by atoms with van der Waals surface area (Å²) in [4.78, 5) is 39.1. The Balaban J connectivity index is 0.000000479. The Morgan fingerprint density at radius 1 is 1.05 bits per heavy atom. The van der Waals surface area contributed by atoms with Crippen LogP contribution in [-0.4, -0.2) is 88.3 Å². The second-order valence-electron chi connectivity index (χ2n) is 10.4. The van der Waals surface area contributed by atoms with E-state index in [2.05, 4.69) is 19.0 Å². The highest BCUT2D eigenvalue weighted by Crippen LogP contribution is 2.49. The summed E-state index contributed by atoms with van der Waals surface area (Å²) in [6.45, 7) is 0.983. The van der Waals surface area contributed by atoms with Crippen molar-refractivity contribution < 1.29 is 42.2 Å². The van der Waals surface area contributed by atoms with Crippen molar-refractivity contribution in [2.24, 2.45) is 5.92 Å². The molecule has 2 N–H and O–H groups in total. The number of carbonyl (C=O) groups is 3. The highest BCUT2D eigenvalue weighted by molar-refractivity contribution is 5.83. The van der Waals surface area contributed by atoms with E-state index in [0.717, 1.165) is 50.6 Å². The number of alkyl halides is 3. The molecule has 0 radical (unpaired) electrons. The van der Waals surface area contributed by atoms with Crippen molar-refractivity contribution >= 4 is 18.0 Å². The molecule has 3 aliphatic rings. The molecule has 0 bridgehead atoms. The Hall–Kier alpha value is -2.89. The highest BCUT2D eigenvalue weighted by atomic mass is 19.4. The van der Waals surface area contributed by atoms with Gasteiger partial charge in [0.1, 0.15) is 12.4 Å². The van der Waals surface area contributed by atoms with Crippen LogP contribution in [0, 0.1) is 11.7 Å². The van der Waals surface area contributed by atoms with Crippen molar-refractivity contribution in [3.63, 3.8) is 0 Å². The number of aliphatic carboxylic acids is 2. The van der Waals surface area contributed by atoms with Gasteiger partial charge in [0.25, 0.3) is 0 Å². The van der Waals surface area contributed by atoms with Gasteiger partial charge in [0, 0.05) is 18.6 Å². The lowest BCUT2D eigenvalue weighted by molar-refractivity contribution is -0.192. The number of carbonyl (C=O) groups excluding carboxylic acids is 1. The zero-order valence-corrected chi connectivity index (χ0v) is 20.9. The minimum Gasteiger partial charge on any atom is -0.480 e. The van der Waals surface area contributed by atoms with Gasteiger partial charge in [-0.3, -0.25) is 9.69 Å². The Morgan fingerprint density at radius 3 is 2.00 bits per heavy atom. The molecule has 2 amide bonds. The molecule has 0 unspecified atom stereocenters. The highest BCUT2D eigenvalue weighted by Gasteiger charge is 2.55. The summed E-state index contributed by atoms with van der Waals surface area (Å²) in [6.07, 6.45) is 1.76. The largest absolute Gasteiger partial charge is 0.490 e. The first-order valence-corrected chi connectivity index (χ1v) is 12.2. The summed E-state index contributed by atoms with van der Waals surface area (Å²) in [6, 6.07) is 6.65. The number of rotatable bonds is 6. The van der Waals surface area contributed by atoms with Gasteiger partial charge in [-0.1, -0.05) is 18.6 Å². The van der Waals surface area contributed by atoms with Crippen LogP contribution < -0.4 is 0 Å². The second-order valence-corrected chi connectivity index (χ2v) is 10.4. The summed E-state index contributed by atoms with van der Waals surface area (Å²) in [7, 11) is 4.12. The van der Waals surface area contributed by atoms with Crippen LogP contribution in [0.15, 0.2) is 24.3 Å². The molecule has 8 nitrogen and oxygen atoms in total. The summed E-state index contributed by atoms with van der Waals surface area (Å²) in [5, 5.41) is 16.4. The number of carboxylic acids is 2. The fraction of sp³-hybridized carbons (Fsp3) is 0.640. The van der Waals surface area contributed by atoms with Crippen LogP contribution in [-0.2, 0) is 15.1 Å². The molecule has 4 rings (SSSR count). The van der Waals surface area contributed by atoms with E-state index in [4.69, 9.17) is 9.90 Å². The van der Waals surface area contributed by atoms with Crippen molar-refractivity contribution in [2.45, 2.75) is 62.2 Å². The monoisotopic (exact) mass is 531 g/mol. The van der Waals surface area contributed by atoms with Gasteiger partial charge in [0.2, 0.25) is 0 Å². The Kier molecular flexibility index (Phi) is 8.40. The molecular weight excluding hydrogens is 498 g/mol. The lowest BCUT2D eigenvalue weighted by Gasteiger charge is -2.51. The molecule has 3 fully saturated rings. The number of amides is 2. The predicted molar refractivity (Wildman–Crippen MR) is 125 cm³/mol. The average molecular weight is 532 g/mol. The second kappa shape index (κ2) is 10.8. The molecule has 12 heteroatoms. The quantitative estimate of drug-likeness (QED) is 0.535. The fourth-order valence-corrected chi connectivity index (χ4v) is 5.69. The van der Waals surface area contributed by atoms with Crippen LogP contribution in [0.5, 0.6) is 0 Å². The fourth-order valence-electron chi connectivity index (χ4n) is 5.69. The number of urea groups is 1. The van der Waals surface area contributed by atoms with Gasteiger partial charge in [-0.15, -0.1) is 0 Å². The van der Waals surface area contributed by atoms with Crippen LogP contribution in [0.4, 0.5) is 22.4 Å². The first-order chi connectivity index (χ1) is 17.2. The van der Waals surface area contributed by atoms with E-state index in [1.807, 2.05) is 17.0 Å². The molecule has 1 saturated heterocycles. The van der Waals surface area contributed by atoms with Gasteiger partial charge in [-0.2, -0.15) is 13.2 Å². The Morgan fingerprint density at radius 2 is 1.59 bits per heavy atom. The maximum atomic E-state index is 13.5. The number of halogens is 4. The molecule has 2 aliphatic carbocycles. The Bertz CT molecular complexity index is 987. The lowest BCUT2D eigenvalue weighted by atomic mass is 9.68. The number of hydrogen-bond donors (Lipinski definition) is 2. The number of hydrogen-bond acceptors (Lipinski definition) is 4. The third kappa shape index (κ3) is 6.16. The van der Waals surface area contributed by atoms with Crippen LogP contribution in [0.3, 0.4) is 0 Å². The van der Waals surface area contributed by atoms with Crippen molar-refractivity contribution in [1.82, 2.24) is 14.7 Å². The third-order valence-electron chi connectivity index (χ3n) is 8.04. The maximum absolute atomic E-state index is 13.5. The van der Waals surface area contributed by atoms with Crippen molar-refractivity contribution in [1.29, 1.82) is 0 Å². The van der Waals surface area contributed by atoms with E-state index in [9.17, 15) is 32.3 Å². The van der Waals surface area contributed by atoms with Crippen molar-refractivity contribution in [3.05, 3.63) is 35.6 Å². The van der Waals surface area contributed by atoms with Gasteiger partial charge >= 0.3 is 24.1 Å². The molecule has 0 aromatic heterocycles. The summed E-state index contributed by atoms with van der Waals surface area (Å²) in [5.41, 5.74) is 0.590. The van der Waals surface area contributed by atoms with Gasteiger partial charge in [0.05, 0.1) is 5.54 Å². The summed E-state index contributed by atoms with van der Waals surface area (Å²) in [5.74, 6) is -3.42. The Labute approximate surface area is 212 Å². The standard InChI is InChI=1S/C23H32FN3O3.C2HF3O2/c1-25(2)23(18-6-8-19(24)9-7-18)12-10-22(11-13-23)16-26(15-20(28)29)21(30)27(22)14-17-4-3-5-17;3-2(4,5)1(6)7/h6-9,17H,3-5,10-16H2,1-2H3,(H,28,29);(H,6,7). The number of nitrogens with zero attached hydrogens (tertiary/aromatic N) is 3. The van der Waals surface area contributed by atoms with Crippen LogP contribution in [0.1, 0.15) is 50.5 Å². The van der Waals surface area contributed by atoms with Crippen LogP contribution in [0.25, 0.3) is 0 Å². The van der Waals surface area contributed by atoms with Crippen molar-refractivity contribution in [2.75, 3.05) is 33.7 Å². The van der Waals surface area contributed by atoms with Crippen LogP contribution >= 0.6 is 0 Å². The topological polar surface area (TPSA) is 101 Å². The molecule has 1 spiro atoms. The summed E-state index contributed by atoms with van der Waals surface area (Å²) < 4.78 is 45.2. The van der Waals surface area contributed by atoms with E-state index in [1.165, 1.54) is 23.5 Å². The van der Waals surface area contributed by atoms with Crippen molar-refractivity contribution in [3.8, 4) is 0 Å².